The zero-order valence-electron chi connectivity index (χ0n) is 7.32. The molecule has 0 radical (unpaired) electrons. The van der Waals surface area contributed by atoms with E-state index in [1.807, 2.05) is 6.92 Å². The highest BCUT2D eigenvalue weighted by Crippen LogP contribution is 1.96. The fourth-order valence-electron chi connectivity index (χ4n) is 0.765. The van der Waals surface area contributed by atoms with Gasteiger partial charge in [-0.25, -0.2) is 0 Å². The molecule has 4 nitrogen and oxygen atoms in total. The number of nitrogens with one attached hydrogen (secondary N) is 1. The second-order valence-corrected chi connectivity index (χ2v) is 2.90. The molecule has 0 aromatic carbocycles. The van der Waals surface area contributed by atoms with E-state index in [9.17, 15) is 0 Å². The Morgan fingerprint density at radius 3 is 2.92 bits per heavy atom. The van der Waals surface area contributed by atoms with Crippen molar-refractivity contribution in [2.45, 2.75) is 32.5 Å². The van der Waals surface area contributed by atoms with E-state index in [0.29, 0.717) is 6.54 Å². The largest absolute Gasteiger partial charge is 0.392 e. The van der Waals surface area contributed by atoms with Crippen LogP contribution in [0, 0.1) is 0 Å². The van der Waals surface area contributed by atoms with Gasteiger partial charge in [0.15, 0.2) is 0 Å². The van der Waals surface area contributed by atoms with Crippen LogP contribution in [-0.2, 0) is 6.54 Å². The predicted octanol–water partition coefficient (Wildman–Crippen LogP) is 0.533. The number of aromatic nitrogens is 1. The molecule has 0 fully saturated rings. The molecule has 68 valence electrons. The number of hydrogen-bond acceptors (Lipinski definition) is 4. The van der Waals surface area contributed by atoms with Gasteiger partial charge in [-0.2, -0.15) is 0 Å². The molecule has 2 unspecified atom stereocenters. The van der Waals surface area contributed by atoms with Gasteiger partial charge in [0.05, 0.1) is 11.8 Å². The van der Waals surface area contributed by atoms with Gasteiger partial charge in [0.1, 0.15) is 6.26 Å². The molecule has 4 heteroatoms. The van der Waals surface area contributed by atoms with Crippen molar-refractivity contribution in [1.82, 2.24) is 10.5 Å². The maximum atomic E-state index is 9.14. The van der Waals surface area contributed by atoms with Gasteiger partial charge in [0, 0.05) is 18.7 Å². The Hall–Kier alpha value is -0.870. The van der Waals surface area contributed by atoms with Crippen LogP contribution >= 0.6 is 0 Å². The zero-order chi connectivity index (χ0) is 8.97. The first-order valence-corrected chi connectivity index (χ1v) is 4.01. The van der Waals surface area contributed by atoms with Crippen LogP contribution < -0.4 is 5.32 Å². The van der Waals surface area contributed by atoms with E-state index in [4.69, 9.17) is 5.11 Å². The van der Waals surface area contributed by atoms with Gasteiger partial charge in [-0.1, -0.05) is 5.16 Å². The molecule has 2 N–H and O–H groups in total. The smallest absolute Gasteiger partial charge is 0.124 e. The van der Waals surface area contributed by atoms with Gasteiger partial charge in [-0.15, -0.1) is 0 Å². The highest BCUT2D eigenvalue weighted by atomic mass is 16.5. The summed E-state index contributed by atoms with van der Waals surface area (Å²) in [7, 11) is 0. The SMILES string of the molecule is CC(O)C(C)NCc1ccon1. The Morgan fingerprint density at radius 2 is 2.42 bits per heavy atom. The number of rotatable bonds is 4. The lowest BCUT2D eigenvalue weighted by Crippen LogP contribution is -2.34. The van der Waals surface area contributed by atoms with Gasteiger partial charge >= 0.3 is 0 Å². The molecule has 1 aromatic rings. The summed E-state index contributed by atoms with van der Waals surface area (Å²) in [6.45, 7) is 4.30. The molecule has 2 atom stereocenters. The van der Waals surface area contributed by atoms with Crippen molar-refractivity contribution < 1.29 is 9.63 Å². The number of nitrogens with zero attached hydrogens (tertiary/aromatic N) is 1. The van der Waals surface area contributed by atoms with Gasteiger partial charge in [-0.05, 0) is 13.8 Å². The van der Waals surface area contributed by atoms with Gasteiger partial charge in [0.2, 0.25) is 0 Å². The maximum Gasteiger partial charge on any atom is 0.124 e. The molecule has 0 saturated heterocycles. The van der Waals surface area contributed by atoms with Gasteiger partial charge in [0.25, 0.3) is 0 Å². The van der Waals surface area contributed by atoms with Gasteiger partial charge in [-0.3, -0.25) is 0 Å². The maximum absolute atomic E-state index is 9.14. The summed E-state index contributed by atoms with van der Waals surface area (Å²) in [5, 5.41) is 16.0. The predicted molar refractivity (Wildman–Crippen MR) is 44.5 cm³/mol. The Balaban J connectivity index is 2.27. The minimum Gasteiger partial charge on any atom is -0.392 e. The van der Waals surface area contributed by atoms with Crippen molar-refractivity contribution in [2.24, 2.45) is 0 Å². The molecule has 1 aromatic heterocycles. The monoisotopic (exact) mass is 170 g/mol. The lowest BCUT2D eigenvalue weighted by atomic mass is 10.2. The molecule has 1 heterocycles. The molecule has 1 rings (SSSR count). The average Bonchev–Trinajstić information content (AvgIpc) is 2.51. The Bertz CT molecular complexity index is 209. The van der Waals surface area contributed by atoms with Crippen molar-refractivity contribution >= 4 is 0 Å². The van der Waals surface area contributed by atoms with Crippen LogP contribution in [-0.4, -0.2) is 22.4 Å². The van der Waals surface area contributed by atoms with Crippen LogP contribution in [0.15, 0.2) is 16.9 Å². The molecular weight excluding hydrogens is 156 g/mol. The molecule has 0 aliphatic rings. The summed E-state index contributed by atoms with van der Waals surface area (Å²) in [5.74, 6) is 0. The second-order valence-electron chi connectivity index (χ2n) is 2.90. The molecule has 0 bridgehead atoms. The van der Waals surface area contributed by atoms with E-state index in [0.717, 1.165) is 5.69 Å². The Labute approximate surface area is 71.6 Å². The zero-order valence-corrected chi connectivity index (χ0v) is 7.32. The summed E-state index contributed by atoms with van der Waals surface area (Å²) >= 11 is 0. The minimum atomic E-state index is -0.350. The number of hydrogen-bond donors (Lipinski definition) is 2. The van der Waals surface area contributed by atoms with Crippen molar-refractivity contribution in [3.05, 3.63) is 18.0 Å². The Morgan fingerprint density at radius 1 is 1.67 bits per heavy atom. The van der Waals surface area contributed by atoms with Crippen LogP contribution in [0.25, 0.3) is 0 Å². The third-order valence-corrected chi connectivity index (χ3v) is 1.82. The first-order chi connectivity index (χ1) is 5.70. The van der Waals surface area contributed by atoms with E-state index in [1.165, 1.54) is 6.26 Å². The summed E-state index contributed by atoms with van der Waals surface area (Å²) in [6, 6.07) is 1.86. The minimum absolute atomic E-state index is 0.0710. The highest BCUT2D eigenvalue weighted by Gasteiger charge is 2.07. The van der Waals surface area contributed by atoms with Gasteiger partial charge < -0.3 is 14.9 Å². The number of aliphatic hydroxyl groups is 1. The van der Waals surface area contributed by atoms with Crippen LogP contribution in [0.5, 0.6) is 0 Å². The fourth-order valence-corrected chi connectivity index (χ4v) is 0.765. The lowest BCUT2D eigenvalue weighted by molar-refractivity contribution is 0.151. The van der Waals surface area contributed by atoms with E-state index in [-0.39, 0.29) is 12.1 Å². The van der Waals surface area contributed by atoms with Crippen molar-refractivity contribution in [3.8, 4) is 0 Å². The first kappa shape index (κ1) is 9.22. The third kappa shape index (κ3) is 2.64. The molecule has 0 spiro atoms. The summed E-state index contributed by atoms with van der Waals surface area (Å²) < 4.78 is 4.65. The first-order valence-electron chi connectivity index (χ1n) is 4.01. The topological polar surface area (TPSA) is 58.3 Å². The molecule has 0 aliphatic carbocycles. The summed E-state index contributed by atoms with van der Waals surface area (Å²) in [6.07, 6.45) is 1.18. The molecule has 0 saturated carbocycles. The van der Waals surface area contributed by atoms with Crippen LogP contribution in [0.2, 0.25) is 0 Å². The quantitative estimate of drug-likeness (QED) is 0.692. The van der Waals surface area contributed by atoms with Crippen LogP contribution in [0.1, 0.15) is 19.5 Å². The Kier molecular flexibility index (Phi) is 3.25. The van der Waals surface area contributed by atoms with E-state index >= 15 is 0 Å². The van der Waals surface area contributed by atoms with E-state index in [2.05, 4.69) is 15.0 Å². The molecule has 0 amide bonds. The van der Waals surface area contributed by atoms with Crippen molar-refractivity contribution in [1.29, 1.82) is 0 Å². The lowest BCUT2D eigenvalue weighted by Gasteiger charge is -2.14. The highest BCUT2D eigenvalue weighted by molar-refractivity contribution is 4.94. The molecule has 0 aliphatic heterocycles. The van der Waals surface area contributed by atoms with E-state index in [1.54, 1.807) is 13.0 Å². The average molecular weight is 170 g/mol. The molecular formula is C8H14N2O2. The number of aliphatic hydroxyl groups excluding tert-OH is 1. The van der Waals surface area contributed by atoms with Crippen LogP contribution in [0.3, 0.4) is 0 Å². The molecule has 12 heavy (non-hydrogen) atoms. The summed E-state index contributed by atoms with van der Waals surface area (Å²) in [5.41, 5.74) is 0.850. The summed E-state index contributed by atoms with van der Waals surface area (Å²) in [4.78, 5) is 0. The van der Waals surface area contributed by atoms with Crippen LogP contribution in [0.4, 0.5) is 0 Å². The third-order valence-electron chi connectivity index (χ3n) is 1.82. The van der Waals surface area contributed by atoms with E-state index < -0.39 is 0 Å². The van der Waals surface area contributed by atoms with Crippen molar-refractivity contribution in [2.75, 3.05) is 0 Å². The van der Waals surface area contributed by atoms with Crippen molar-refractivity contribution in [3.63, 3.8) is 0 Å². The normalized spacial score (nSPS) is 15.9. The fraction of sp³-hybridized carbons (Fsp3) is 0.625. The second kappa shape index (κ2) is 4.23. The standard InChI is InChI=1S/C8H14N2O2/c1-6(7(2)11)9-5-8-3-4-12-10-8/h3-4,6-7,9,11H,5H2,1-2H3.